The number of aliphatic hydroxyl groups is 1. The van der Waals surface area contributed by atoms with Crippen molar-refractivity contribution < 1.29 is 5.11 Å². The maximum atomic E-state index is 9.59. The number of hydrogen-bond acceptors (Lipinski definition) is 1. The molecule has 0 aliphatic heterocycles. The van der Waals surface area contributed by atoms with Gasteiger partial charge in [-0.1, -0.05) is 24.3 Å². The SMILES string of the molecule is OC12C=CC=CC1CC2. The molecule has 0 aromatic rings. The van der Waals surface area contributed by atoms with Crippen molar-refractivity contribution in [1.82, 2.24) is 0 Å². The van der Waals surface area contributed by atoms with Crippen molar-refractivity contribution in [3.05, 3.63) is 24.3 Å². The van der Waals surface area contributed by atoms with Gasteiger partial charge in [-0.25, -0.2) is 0 Å². The molecule has 0 aromatic carbocycles. The Morgan fingerprint density at radius 3 is 2.67 bits per heavy atom. The molecule has 1 nitrogen and oxygen atoms in total. The lowest BCUT2D eigenvalue weighted by atomic mass is 9.67. The minimum Gasteiger partial charge on any atom is -0.385 e. The van der Waals surface area contributed by atoms with Crippen molar-refractivity contribution >= 4 is 0 Å². The van der Waals surface area contributed by atoms with Gasteiger partial charge in [-0.2, -0.15) is 0 Å². The maximum absolute atomic E-state index is 9.59. The first kappa shape index (κ1) is 5.24. The summed E-state index contributed by atoms with van der Waals surface area (Å²) in [5.74, 6) is 0.419. The average molecular weight is 122 g/mol. The van der Waals surface area contributed by atoms with E-state index in [9.17, 15) is 5.11 Å². The van der Waals surface area contributed by atoms with Crippen LogP contribution in [-0.4, -0.2) is 10.7 Å². The lowest BCUT2D eigenvalue weighted by molar-refractivity contribution is -0.0297. The molecule has 0 spiro atoms. The molecule has 9 heavy (non-hydrogen) atoms. The Balaban J connectivity index is 2.27. The summed E-state index contributed by atoms with van der Waals surface area (Å²) in [6.07, 6.45) is 10.0. The molecule has 1 fully saturated rings. The van der Waals surface area contributed by atoms with Crippen LogP contribution in [0.4, 0.5) is 0 Å². The molecule has 2 atom stereocenters. The van der Waals surface area contributed by atoms with Gasteiger partial charge in [0, 0.05) is 5.92 Å². The number of hydrogen-bond donors (Lipinski definition) is 1. The molecule has 2 unspecified atom stereocenters. The van der Waals surface area contributed by atoms with Gasteiger partial charge in [0.1, 0.15) is 0 Å². The van der Waals surface area contributed by atoms with Crippen molar-refractivity contribution in [3.63, 3.8) is 0 Å². The highest BCUT2D eigenvalue weighted by atomic mass is 16.3. The van der Waals surface area contributed by atoms with E-state index in [2.05, 4.69) is 6.08 Å². The summed E-state index contributed by atoms with van der Waals surface area (Å²) in [7, 11) is 0. The van der Waals surface area contributed by atoms with Crippen LogP contribution in [0.1, 0.15) is 12.8 Å². The van der Waals surface area contributed by atoms with Crippen LogP contribution in [0.2, 0.25) is 0 Å². The second-order valence-corrected chi connectivity index (χ2v) is 2.88. The smallest absolute Gasteiger partial charge is 0.0893 e. The van der Waals surface area contributed by atoms with Crippen LogP contribution in [0.15, 0.2) is 24.3 Å². The van der Waals surface area contributed by atoms with Crippen molar-refractivity contribution in [1.29, 1.82) is 0 Å². The fourth-order valence-corrected chi connectivity index (χ4v) is 1.50. The molecule has 1 saturated carbocycles. The zero-order chi connectivity index (χ0) is 6.32. The van der Waals surface area contributed by atoms with E-state index >= 15 is 0 Å². The maximum Gasteiger partial charge on any atom is 0.0893 e. The van der Waals surface area contributed by atoms with Gasteiger partial charge in [0.15, 0.2) is 0 Å². The Hall–Kier alpha value is -0.560. The summed E-state index contributed by atoms with van der Waals surface area (Å²) in [5.41, 5.74) is -0.450. The third-order valence-corrected chi connectivity index (χ3v) is 2.34. The molecule has 1 N–H and O–H groups in total. The monoisotopic (exact) mass is 122 g/mol. The molecular weight excluding hydrogens is 112 g/mol. The topological polar surface area (TPSA) is 20.2 Å². The Kier molecular flexibility index (Phi) is 0.862. The summed E-state index contributed by atoms with van der Waals surface area (Å²) in [6, 6.07) is 0. The fourth-order valence-electron chi connectivity index (χ4n) is 1.50. The van der Waals surface area contributed by atoms with Crippen molar-refractivity contribution in [2.24, 2.45) is 5.92 Å². The number of rotatable bonds is 0. The highest BCUT2D eigenvalue weighted by Gasteiger charge is 2.41. The molecule has 0 amide bonds. The van der Waals surface area contributed by atoms with E-state index in [-0.39, 0.29) is 0 Å². The Morgan fingerprint density at radius 2 is 2.33 bits per heavy atom. The van der Waals surface area contributed by atoms with Crippen molar-refractivity contribution in [3.8, 4) is 0 Å². The predicted octanol–water partition coefficient (Wildman–Crippen LogP) is 1.25. The van der Waals surface area contributed by atoms with Crippen LogP contribution in [0.3, 0.4) is 0 Å². The van der Waals surface area contributed by atoms with E-state index in [1.54, 1.807) is 0 Å². The second kappa shape index (κ2) is 1.48. The zero-order valence-corrected chi connectivity index (χ0v) is 5.25. The highest BCUT2D eigenvalue weighted by Crippen LogP contribution is 2.42. The second-order valence-electron chi connectivity index (χ2n) is 2.88. The van der Waals surface area contributed by atoms with Gasteiger partial charge in [-0.05, 0) is 12.8 Å². The highest BCUT2D eigenvalue weighted by molar-refractivity contribution is 5.25. The van der Waals surface area contributed by atoms with E-state index in [1.165, 1.54) is 0 Å². The normalized spacial score (nSPS) is 46.1. The van der Waals surface area contributed by atoms with Gasteiger partial charge in [0.05, 0.1) is 5.60 Å². The number of allylic oxidation sites excluding steroid dienone is 2. The first-order chi connectivity index (χ1) is 4.31. The molecule has 0 bridgehead atoms. The van der Waals surface area contributed by atoms with Gasteiger partial charge in [0.2, 0.25) is 0 Å². The molecule has 0 aromatic heterocycles. The zero-order valence-electron chi connectivity index (χ0n) is 5.25. The lowest BCUT2D eigenvalue weighted by Crippen LogP contribution is -2.44. The average Bonchev–Trinajstić information content (AvgIpc) is 1.82. The largest absolute Gasteiger partial charge is 0.385 e. The molecule has 48 valence electrons. The molecule has 2 rings (SSSR count). The third-order valence-electron chi connectivity index (χ3n) is 2.34. The molecule has 2 aliphatic carbocycles. The summed E-state index contributed by atoms with van der Waals surface area (Å²) in [5, 5.41) is 9.59. The Labute approximate surface area is 54.7 Å². The molecule has 0 heterocycles. The molecule has 2 aliphatic rings. The van der Waals surface area contributed by atoms with Crippen LogP contribution < -0.4 is 0 Å². The quantitative estimate of drug-likeness (QED) is 0.512. The molecular formula is C8H10O. The molecule has 0 saturated heterocycles. The van der Waals surface area contributed by atoms with E-state index in [0.29, 0.717) is 5.92 Å². The Bertz CT molecular complexity index is 181. The Morgan fingerprint density at radius 1 is 1.44 bits per heavy atom. The number of fused-ring (bicyclic) bond motifs is 1. The van der Waals surface area contributed by atoms with E-state index < -0.39 is 5.60 Å². The predicted molar refractivity (Wildman–Crippen MR) is 36.0 cm³/mol. The van der Waals surface area contributed by atoms with Gasteiger partial charge in [-0.15, -0.1) is 0 Å². The first-order valence-electron chi connectivity index (χ1n) is 3.40. The molecule has 1 heteroatoms. The van der Waals surface area contributed by atoms with Crippen molar-refractivity contribution in [2.45, 2.75) is 18.4 Å². The first-order valence-corrected chi connectivity index (χ1v) is 3.40. The van der Waals surface area contributed by atoms with E-state index in [1.807, 2.05) is 18.2 Å². The van der Waals surface area contributed by atoms with Crippen LogP contribution in [0.5, 0.6) is 0 Å². The minimum atomic E-state index is -0.450. The third kappa shape index (κ3) is 0.583. The summed E-state index contributed by atoms with van der Waals surface area (Å²) >= 11 is 0. The van der Waals surface area contributed by atoms with Gasteiger partial charge >= 0.3 is 0 Å². The summed E-state index contributed by atoms with van der Waals surface area (Å²) in [4.78, 5) is 0. The van der Waals surface area contributed by atoms with E-state index in [4.69, 9.17) is 0 Å². The van der Waals surface area contributed by atoms with Gasteiger partial charge < -0.3 is 5.11 Å². The summed E-state index contributed by atoms with van der Waals surface area (Å²) in [6.45, 7) is 0. The standard InChI is InChI=1S/C8H10O/c9-8-5-2-1-3-7(8)4-6-8/h1-3,5,7,9H,4,6H2. The van der Waals surface area contributed by atoms with Crippen LogP contribution >= 0.6 is 0 Å². The fraction of sp³-hybridized carbons (Fsp3) is 0.500. The van der Waals surface area contributed by atoms with Crippen LogP contribution in [0, 0.1) is 5.92 Å². The molecule has 0 radical (unpaired) electrons. The van der Waals surface area contributed by atoms with Crippen molar-refractivity contribution in [2.75, 3.05) is 0 Å². The van der Waals surface area contributed by atoms with Gasteiger partial charge in [0.25, 0.3) is 0 Å². The van der Waals surface area contributed by atoms with Crippen LogP contribution in [0.25, 0.3) is 0 Å². The van der Waals surface area contributed by atoms with Crippen LogP contribution in [-0.2, 0) is 0 Å². The lowest BCUT2D eigenvalue weighted by Gasteiger charge is -2.43. The summed E-state index contributed by atoms with van der Waals surface area (Å²) < 4.78 is 0. The van der Waals surface area contributed by atoms with E-state index in [0.717, 1.165) is 12.8 Å². The minimum absolute atomic E-state index is 0.419. The van der Waals surface area contributed by atoms with Gasteiger partial charge in [-0.3, -0.25) is 0 Å².